The van der Waals surface area contributed by atoms with E-state index in [1.165, 1.54) is 0 Å². The van der Waals surface area contributed by atoms with Crippen LogP contribution in [0, 0.1) is 0 Å². The lowest BCUT2D eigenvalue weighted by Crippen LogP contribution is -2.03. The van der Waals surface area contributed by atoms with Crippen LogP contribution < -0.4 is 5.32 Å². The van der Waals surface area contributed by atoms with Crippen molar-refractivity contribution in [2.75, 3.05) is 11.9 Å². The van der Waals surface area contributed by atoms with E-state index in [2.05, 4.69) is 21.2 Å². The number of hydrogen-bond donors (Lipinski definition) is 1. The highest BCUT2D eigenvalue weighted by atomic mass is 79.9. The molecule has 100 valence electrons. The van der Waals surface area contributed by atoms with E-state index in [1.54, 1.807) is 19.1 Å². The van der Waals surface area contributed by atoms with Gasteiger partial charge in [0, 0.05) is 10.2 Å². The number of rotatable bonds is 5. The van der Waals surface area contributed by atoms with Gasteiger partial charge in [-0.25, -0.2) is 4.79 Å². The molecule has 1 heterocycles. The molecule has 1 aromatic heterocycles. The standard InChI is InChI=1S/C14H14BrNO3/c1-2-18-14(17)13-7-6-12(19-13)9-16-11-5-3-4-10(15)8-11/h3-8,16H,2,9H2,1H3. The topological polar surface area (TPSA) is 51.5 Å². The maximum atomic E-state index is 11.4. The zero-order chi connectivity index (χ0) is 13.7. The Labute approximate surface area is 119 Å². The molecule has 0 aliphatic heterocycles. The van der Waals surface area contributed by atoms with Crippen molar-refractivity contribution in [2.45, 2.75) is 13.5 Å². The lowest BCUT2D eigenvalue weighted by Gasteiger charge is -2.04. The van der Waals surface area contributed by atoms with Crippen LogP contribution in [0.5, 0.6) is 0 Å². The fourth-order valence-corrected chi connectivity index (χ4v) is 1.97. The van der Waals surface area contributed by atoms with Crippen molar-refractivity contribution >= 4 is 27.6 Å². The molecule has 2 rings (SSSR count). The van der Waals surface area contributed by atoms with Gasteiger partial charge in [0.05, 0.1) is 13.2 Å². The summed E-state index contributed by atoms with van der Waals surface area (Å²) in [5, 5.41) is 3.21. The summed E-state index contributed by atoms with van der Waals surface area (Å²) in [5.74, 6) is 0.479. The summed E-state index contributed by atoms with van der Waals surface area (Å²) in [5.41, 5.74) is 0.975. The zero-order valence-corrected chi connectivity index (χ0v) is 12.1. The van der Waals surface area contributed by atoms with Gasteiger partial charge in [-0.2, -0.15) is 0 Å². The van der Waals surface area contributed by atoms with Gasteiger partial charge < -0.3 is 14.5 Å². The molecule has 2 aromatic rings. The third-order valence-electron chi connectivity index (χ3n) is 2.43. The van der Waals surface area contributed by atoms with Crippen LogP contribution in [0.25, 0.3) is 0 Å². The monoisotopic (exact) mass is 323 g/mol. The van der Waals surface area contributed by atoms with Gasteiger partial charge in [-0.3, -0.25) is 0 Å². The lowest BCUT2D eigenvalue weighted by molar-refractivity contribution is 0.0488. The molecule has 0 atom stereocenters. The number of halogens is 1. The number of carbonyl (C=O) groups is 1. The van der Waals surface area contributed by atoms with Crippen LogP contribution in [-0.4, -0.2) is 12.6 Å². The van der Waals surface area contributed by atoms with E-state index < -0.39 is 5.97 Å². The van der Waals surface area contributed by atoms with E-state index in [1.807, 2.05) is 24.3 Å². The molecule has 0 amide bonds. The van der Waals surface area contributed by atoms with Gasteiger partial charge >= 0.3 is 5.97 Å². The van der Waals surface area contributed by atoms with Crippen molar-refractivity contribution in [3.05, 3.63) is 52.4 Å². The fraction of sp³-hybridized carbons (Fsp3) is 0.214. The molecule has 0 unspecified atom stereocenters. The number of nitrogens with one attached hydrogen (secondary N) is 1. The van der Waals surface area contributed by atoms with Gasteiger partial charge in [0.2, 0.25) is 5.76 Å². The molecule has 5 heteroatoms. The highest BCUT2D eigenvalue weighted by Gasteiger charge is 2.11. The average Bonchev–Trinajstić information content (AvgIpc) is 2.86. The Morgan fingerprint density at radius 3 is 2.95 bits per heavy atom. The van der Waals surface area contributed by atoms with Crippen LogP contribution in [0.2, 0.25) is 0 Å². The molecule has 0 saturated carbocycles. The van der Waals surface area contributed by atoms with Crippen LogP contribution in [0.15, 0.2) is 45.3 Å². The molecule has 0 radical (unpaired) electrons. The highest BCUT2D eigenvalue weighted by molar-refractivity contribution is 9.10. The summed E-state index contributed by atoms with van der Waals surface area (Å²) in [6.45, 7) is 2.61. The van der Waals surface area contributed by atoms with E-state index in [0.717, 1.165) is 10.2 Å². The molecular weight excluding hydrogens is 310 g/mol. The Morgan fingerprint density at radius 2 is 2.21 bits per heavy atom. The van der Waals surface area contributed by atoms with Crippen LogP contribution in [0.3, 0.4) is 0 Å². The lowest BCUT2D eigenvalue weighted by atomic mass is 10.3. The minimum atomic E-state index is -0.434. The normalized spacial score (nSPS) is 10.2. The Balaban J connectivity index is 1.95. The van der Waals surface area contributed by atoms with Gasteiger partial charge in [-0.15, -0.1) is 0 Å². The summed E-state index contributed by atoms with van der Waals surface area (Å²) in [6, 6.07) is 11.2. The number of anilines is 1. The Hall–Kier alpha value is -1.75. The van der Waals surface area contributed by atoms with Gasteiger partial charge in [0.1, 0.15) is 5.76 Å². The van der Waals surface area contributed by atoms with Gasteiger partial charge in [0.15, 0.2) is 0 Å². The Kier molecular flexibility index (Phi) is 4.63. The van der Waals surface area contributed by atoms with Crippen molar-refractivity contribution in [1.29, 1.82) is 0 Å². The summed E-state index contributed by atoms with van der Waals surface area (Å²) in [4.78, 5) is 11.4. The first-order chi connectivity index (χ1) is 9.19. The largest absolute Gasteiger partial charge is 0.460 e. The molecule has 1 aromatic carbocycles. The van der Waals surface area contributed by atoms with Gasteiger partial charge in [0.25, 0.3) is 0 Å². The molecule has 0 fully saturated rings. The number of furan rings is 1. The van der Waals surface area contributed by atoms with E-state index in [-0.39, 0.29) is 5.76 Å². The maximum Gasteiger partial charge on any atom is 0.374 e. The van der Waals surface area contributed by atoms with Crippen LogP contribution >= 0.6 is 15.9 Å². The van der Waals surface area contributed by atoms with E-state index in [9.17, 15) is 4.79 Å². The number of esters is 1. The summed E-state index contributed by atoms with van der Waals surface area (Å²) < 4.78 is 11.3. The minimum absolute atomic E-state index is 0.230. The zero-order valence-electron chi connectivity index (χ0n) is 10.5. The summed E-state index contributed by atoms with van der Waals surface area (Å²) >= 11 is 3.40. The maximum absolute atomic E-state index is 11.4. The smallest absolute Gasteiger partial charge is 0.374 e. The van der Waals surface area contributed by atoms with Crippen molar-refractivity contribution in [1.82, 2.24) is 0 Å². The van der Waals surface area contributed by atoms with Gasteiger partial charge in [-0.05, 0) is 37.3 Å². The predicted molar refractivity (Wildman–Crippen MR) is 76.1 cm³/mol. The van der Waals surface area contributed by atoms with Crippen molar-refractivity contribution in [2.24, 2.45) is 0 Å². The second kappa shape index (κ2) is 6.43. The Bertz CT molecular complexity index is 565. The van der Waals surface area contributed by atoms with Crippen LogP contribution in [-0.2, 0) is 11.3 Å². The Morgan fingerprint density at radius 1 is 1.37 bits per heavy atom. The molecule has 0 saturated heterocycles. The highest BCUT2D eigenvalue weighted by Crippen LogP contribution is 2.17. The third-order valence-corrected chi connectivity index (χ3v) is 2.92. The predicted octanol–water partition coefficient (Wildman–Crippen LogP) is 3.83. The molecule has 0 aliphatic carbocycles. The van der Waals surface area contributed by atoms with Gasteiger partial charge in [-0.1, -0.05) is 22.0 Å². The quantitative estimate of drug-likeness (QED) is 0.849. The summed E-state index contributed by atoms with van der Waals surface area (Å²) in [7, 11) is 0. The summed E-state index contributed by atoms with van der Waals surface area (Å²) in [6.07, 6.45) is 0. The van der Waals surface area contributed by atoms with E-state index in [4.69, 9.17) is 9.15 Å². The van der Waals surface area contributed by atoms with Crippen LogP contribution in [0.1, 0.15) is 23.2 Å². The molecule has 0 spiro atoms. The van der Waals surface area contributed by atoms with E-state index in [0.29, 0.717) is 18.9 Å². The molecule has 1 N–H and O–H groups in total. The molecular formula is C14H14BrNO3. The number of benzene rings is 1. The molecule has 0 aliphatic rings. The van der Waals surface area contributed by atoms with Crippen molar-refractivity contribution in [3.63, 3.8) is 0 Å². The molecule has 0 bridgehead atoms. The third kappa shape index (κ3) is 3.86. The first kappa shape index (κ1) is 13.7. The van der Waals surface area contributed by atoms with E-state index >= 15 is 0 Å². The number of hydrogen-bond acceptors (Lipinski definition) is 4. The first-order valence-electron chi connectivity index (χ1n) is 5.94. The first-order valence-corrected chi connectivity index (χ1v) is 6.73. The molecule has 4 nitrogen and oxygen atoms in total. The SMILES string of the molecule is CCOC(=O)c1ccc(CNc2cccc(Br)c2)o1. The van der Waals surface area contributed by atoms with Crippen LogP contribution in [0.4, 0.5) is 5.69 Å². The number of ether oxygens (including phenoxy) is 1. The van der Waals surface area contributed by atoms with Crippen molar-refractivity contribution < 1.29 is 13.9 Å². The minimum Gasteiger partial charge on any atom is -0.460 e. The number of carbonyl (C=O) groups excluding carboxylic acids is 1. The molecule has 19 heavy (non-hydrogen) atoms. The second-order valence-electron chi connectivity index (χ2n) is 3.85. The second-order valence-corrected chi connectivity index (χ2v) is 4.77. The fourth-order valence-electron chi connectivity index (χ4n) is 1.57. The average molecular weight is 324 g/mol. The van der Waals surface area contributed by atoms with Crippen molar-refractivity contribution in [3.8, 4) is 0 Å².